The lowest BCUT2D eigenvalue weighted by molar-refractivity contribution is -0.137. The lowest BCUT2D eigenvalue weighted by atomic mass is 10.1. The third kappa shape index (κ3) is 4.03. The van der Waals surface area contributed by atoms with Crippen LogP contribution in [-0.2, 0) is 10.9 Å². The number of carbonyl (C=O) groups is 2. The number of para-hydroxylation sites is 1. The van der Waals surface area contributed by atoms with Crippen LogP contribution in [0.25, 0.3) is 11.5 Å². The number of amides is 1. The van der Waals surface area contributed by atoms with Crippen molar-refractivity contribution >= 4 is 17.6 Å². The van der Waals surface area contributed by atoms with Gasteiger partial charge in [0.1, 0.15) is 6.26 Å². The summed E-state index contributed by atoms with van der Waals surface area (Å²) < 4.78 is 47.7. The Kier molecular flexibility index (Phi) is 5.16. The first-order chi connectivity index (χ1) is 13.3. The van der Waals surface area contributed by atoms with E-state index in [1.54, 1.807) is 12.1 Å². The van der Waals surface area contributed by atoms with Gasteiger partial charge in [0, 0.05) is 5.56 Å². The molecule has 3 aromatic rings. The lowest BCUT2D eigenvalue weighted by Gasteiger charge is -2.08. The van der Waals surface area contributed by atoms with E-state index in [-0.39, 0.29) is 28.4 Å². The van der Waals surface area contributed by atoms with Gasteiger partial charge in [-0.25, -0.2) is 9.78 Å². The number of rotatable bonds is 4. The Balaban J connectivity index is 1.79. The van der Waals surface area contributed by atoms with Crippen molar-refractivity contribution in [3.63, 3.8) is 0 Å². The first kappa shape index (κ1) is 19.2. The van der Waals surface area contributed by atoms with E-state index in [2.05, 4.69) is 15.0 Å². The Labute approximate surface area is 157 Å². The van der Waals surface area contributed by atoms with E-state index in [0.29, 0.717) is 0 Å². The van der Waals surface area contributed by atoms with E-state index >= 15 is 0 Å². The van der Waals surface area contributed by atoms with Crippen molar-refractivity contribution in [3.8, 4) is 11.5 Å². The summed E-state index contributed by atoms with van der Waals surface area (Å²) in [4.78, 5) is 28.1. The van der Waals surface area contributed by atoms with Gasteiger partial charge >= 0.3 is 12.1 Å². The zero-order valence-corrected chi connectivity index (χ0v) is 14.4. The molecule has 3 rings (SSSR count). The predicted molar refractivity (Wildman–Crippen MR) is 92.7 cm³/mol. The molecule has 1 aromatic heterocycles. The number of carbonyl (C=O) groups excluding carboxylic acids is 2. The summed E-state index contributed by atoms with van der Waals surface area (Å²) in [5.74, 6) is -1.29. The van der Waals surface area contributed by atoms with Crippen molar-refractivity contribution < 1.29 is 31.9 Å². The Morgan fingerprint density at radius 3 is 2.39 bits per heavy atom. The van der Waals surface area contributed by atoms with Gasteiger partial charge in [0.25, 0.3) is 5.91 Å². The molecule has 6 nitrogen and oxygen atoms in total. The van der Waals surface area contributed by atoms with Crippen LogP contribution < -0.4 is 5.32 Å². The molecule has 0 aliphatic heterocycles. The summed E-state index contributed by atoms with van der Waals surface area (Å²) in [6.07, 6.45) is -3.38. The number of nitrogens with zero attached hydrogens (tertiary/aromatic N) is 1. The molecule has 0 unspecified atom stereocenters. The van der Waals surface area contributed by atoms with E-state index in [9.17, 15) is 22.8 Å². The molecule has 0 atom stereocenters. The topological polar surface area (TPSA) is 81.4 Å². The number of alkyl halides is 3. The molecule has 0 radical (unpaired) electrons. The van der Waals surface area contributed by atoms with Crippen LogP contribution in [0.5, 0.6) is 0 Å². The van der Waals surface area contributed by atoms with Crippen LogP contribution in [0, 0.1) is 0 Å². The van der Waals surface area contributed by atoms with E-state index in [1.165, 1.54) is 31.4 Å². The van der Waals surface area contributed by atoms with Crippen molar-refractivity contribution in [2.24, 2.45) is 0 Å². The summed E-state index contributed by atoms with van der Waals surface area (Å²) in [5.41, 5.74) is -0.250. The van der Waals surface area contributed by atoms with Gasteiger partial charge in [-0.3, -0.25) is 4.79 Å². The molecule has 1 N–H and O–H groups in total. The number of oxazole rings is 1. The molecular formula is C19H13F3N2O4. The summed E-state index contributed by atoms with van der Waals surface area (Å²) in [6.45, 7) is 0. The van der Waals surface area contributed by atoms with Crippen LogP contribution in [0.4, 0.5) is 18.9 Å². The zero-order chi connectivity index (χ0) is 20.3. The Morgan fingerprint density at radius 1 is 1.07 bits per heavy atom. The van der Waals surface area contributed by atoms with E-state index in [1.807, 2.05) is 0 Å². The molecule has 0 saturated carbocycles. The number of esters is 1. The molecule has 1 amide bonds. The minimum absolute atomic E-state index is 0.0138. The minimum Gasteiger partial charge on any atom is -0.465 e. The van der Waals surface area contributed by atoms with Gasteiger partial charge in [0.2, 0.25) is 5.89 Å². The molecule has 0 aliphatic rings. The number of methoxy groups -OCH3 is 1. The normalized spacial score (nSPS) is 11.1. The van der Waals surface area contributed by atoms with Crippen molar-refractivity contribution in [2.45, 2.75) is 6.18 Å². The number of nitrogens with one attached hydrogen (secondary N) is 1. The van der Waals surface area contributed by atoms with Crippen LogP contribution in [-0.4, -0.2) is 24.0 Å². The number of benzene rings is 2. The highest BCUT2D eigenvalue weighted by Gasteiger charge is 2.30. The highest BCUT2D eigenvalue weighted by molar-refractivity contribution is 6.07. The van der Waals surface area contributed by atoms with Crippen LogP contribution >= 0.6 is 0 Å². The first-order valence-electron chi connectivity index (χ1n) is 7.91. The van der Waals surface area contributed by atoms with Gasteiger partial charge in [-0.1, -0.05) is 12.1 Å². The highest BCUT2D eigenvalue weighted by Crippen LogP contribution is 2.30. The van der Waals surface area contributed by atoms with Crippen LogP contribution in [0.15, 0.2) is 59.2 Å². The number of ether oxygens (including phenoxy) is 1. The van der Waals surface area contributed by atoms with Crippen LogP contribution in [0.3, 0.4) is 0 Å². The zero-order valence-electron chi connectivity index (χ0n) is 14.4. The second-order valence-corrected chi connectivity index (χ2v) is 5.60. The summed E-state index contributed by atoms with van der Waals surface area (Å²) in [7, 11) is 1.22. The summed E-state index contributed by atoms with van der Waals surface area (Å²) in [5, 5.41) is 2.52. The van der Waals surface area contributed by atoms with Gasteiger partial charge < -0.3 is 14.5 Å². The summed E-state index contributed by atoms with van der Waals surface area (Å²) in [6, 6.07) is 10.4. The highest BCUT2D eigenvalue weighted by atomic mass is 19.4. The second-order valence-electron chi connectivity index (χ2n) is 5.60. The quantitative estimate of drug-likeness (QED) is 0.668. The van der Waals surface area contributed by atoms with Crippen LogP contribution in [0.2, 0.25) is 0 Å². The smallest absolute Gasteiger partial charge is 0.416 e. The fraction of sp³-hybridized carbons (Fsp3) is 0.105. The molecule has 2 aromatic carbocycles. The Morgan fingerprint density at radius 2 is 1.75 bits per heavy atom. The average Bonchev–Trinajstić information content (AvgIpc) is 3.17. The van der Waals surface area contributed by atoms with Gasteiger partial charge in [-0.05, 0) is 36.4 Å². The lowest BCUT2D eigenvalue weighted by Crippen LogP contribution is -2.15. The molecule has 0 fully saturated rings. The molecule has 144 valence electrons. The van der Waals surface area contributed by atoms with Gasteiger partial charge in [-0.2, -0.15) is 13.2 Å². The standard InChI is InChI=1S/C19H13F3N2O4/c1-27-18(26)13-4-2-3-5-14(13)23-16(25)15-10-28-17(24-15)11-6-8-12(9-7-11)19(20,21)22/h2-10H,1H3,(H,23,25). The Hall–Kier alpha value is -3.62. The largest absolute Gasteiger partial charge is 0.465 e. The van der Waals surface area contributed by atoms with Gasteiger partial charge in [0.05, 0.1) is 23.9 Å². The molecular weight excluding hydrogens is 377 g/mol. The maximum Gasteiger partial charge on any atom is 0.416 e. The average molecular weight is 390 g/mol. The number of aromatic nitrogens is 1. The number of halogens is 3. The first-order valence-corrected chi connectivity index (χ1v) is 7.91. The summed E-state index contributed by atoms with van der Waals surface area (Å²) >= 11 is 0. The number of hydrogen-bond acceptors (Lipinski definition) is 5. The van der Waals surface area contributed by atoms with E-state index < -0.39 is 23.6 Å². The maximum absolute atomic E-state index is 12.6. The molecule has 0 bridgehead atoms. The fourth-order valence-corrected chi connectivity index (χ4v) is 2.38. The molecule has 0 spiro atoms. The van der Waals surface area contributed by atoms with Crippen molar-refractivity contribution in [1.29, 1.82) is 0 Å². The van der Waals surface area contributed by atoms with E-state index in [4.69, 9.17) is 4.42 Å². The SMILES string of the molecule is COC(=O)c1ccccc1NC(=O)c1coc(-c2ccc(C(F)(F)F)cc2)n1. The van der Waals surface area contributed by atoms with Crippen molar-refractivity contribution in [3.05, 3.63) is 71.6 Å². The van der Waals surface area contributed by atoms with Crippen molar-refractivity contribution in [1.82, 2.24) is 4.98 Å². The van der Waals surface area contributed by atoms with Gasteiger partial charge in [-0.15, -0.1) is 0 Å². The third-order valence-corrected chi connectivity index (χ3v) is 3.78. The molecule has 0 saturated heterocycles. The number of anilines is 1. The van der Waals surface area contributed by atoms with E-state index in [0.717, 1.165) is 18.4 Å². The molecule has 1 heterocycles. The van der Waals surface area contributed by atoms with Gasteiger partial charge in [0.15, 0.2) is 5.69 Å². The van der Waals surface area contributed by atoms with Crippen molar-refractivity contribution in [2.75, 3.05) is 12.4 Å². The Bertz CT molecular complexity index is 1010. The molecule has 0 aliphatic carbocycles. The minimum atomic E-state index is -4.45. The number of hydrogen-bond donors (Lipinski definition) is 1. The molecule has 9 heteroatoms. The third-order valence-electron chi connectivity index (χ3n) is 3.78. The monoisotopic (exact) mass is 390 g/mol. The fourth-order valence-electron chi connectivity index (χ4n) is 2.38. The second kappa shape index (κ2) is 7.55. The van der Waals surface area contributed by atoms with Crippen LogP contribution in [0.1, 0.15) is 26.4 Å². The molecule has 28 heavy (non-hydrogen) atoms. The maximum atomic E-state index is 12.6. The predicted octanol–water partition coefficient (Wildman–Crippen LogP) is 4.40.